The monoisotopic (exact) mass is 479 g/mol. The first-order valence-corrected chi connectivity index (χ1v) is 11.5. The average molecular weight is 480 g/mol. The Balaban J connectivity index is 1.59. The Kier molecular flexibility index (Phi) is 3.88. The second kappa shape index (κ2) is 6.26. The summed E-state index contributed by atoms with van der Waals surface area (Å²) in [6.45, 7) is 2.72. The zero-order valence-electron chi connectivity index (χ0n) is 17.3. The minimum absolute atomic E-state index is 0.0928. The van der Waals surface area contributed by atoms with Crippen molar-refractivity contribution in [1.82, 2.24) is 4.90 Å². The summed E-state index contributed by atoms with van der Waals surface area (Å²) in [4.78, 5) is 46.7. The van der Waals surface area contributed by atoms with E-state index in [9.17, 15) is 14.4 Å². The zero-order valence-corrected chi connectivity index (χ0v) is 18.9. The molecule has 0 radical (unpaired) electrons. The van der Waals surface area contributed by atoms with E-state index in [4.69, 9.17) is 0 Å². The van der Waals surface area contributed by atoms with Gasteiger partial charge in [-0.15, -0.1) is 0 Å². The maximum atomic E-state index is 13.9. The van der Waals surface area contributed by atoms with E-state index in [1.165, 1.54) is 4.90 Å². The van der Waals surface area contributed by atoms with Crippen LogP contribution in [0, 0.1) is 18.8 Å². The summed E-state index contributed by atoms with van der Waals surface area (Å²) >= 11 is 3.44. The number of rotatable bonds is 1. The van der Waals surface area contributed by atoms with Crippen LogP contribution < -0.4 is 9.80 Å². The van der Waals surface area contributed by atoms with Gasteiger partial charge < -0.3 is 4.90 Å². The molecule has 0 aliphatic carbocycles. The van der Waals surface area contributed by atoms with E-state index >= 15 is 0 Å². The lowest BCUT2D eigenvalue weighted by Gasteiger charge is -2.37. The third kappa shape index (κ3) is 2.18. The minimum Gasteiger partial charge on any atom is -0.313 e. The Labute approximate surface area is 188 Å². The maximum Gasteiger partial charge on any atom is 0.252 e. The van der Waals surface area contributed by atoms with E-state index in [-0.39, 0.29) is 23.8 Å². The summed E-state index contributed by atoms with van der Waals surface area (Å²) in [7, 11) is 1.77. The van der Waals surface area contributed by atoms with Gasteiger partial charge in [-0.05, 0) is 50.6 Å². The highest BCUT2D eigenvalue weighted by molar-refractivity contribution is 9.10. The number of carbonyl (C=O) groups excluding carboxylic acids is 3. The largest absolute Gasteiger partial charge is 0.313 e. The molecule has 3 amide bonds. The number of aryl methyl sites for hydroxylation is 1. The Morgan fingerprint density at radius 3 is 2.65 bits per heavy atom. The molecule has 4 aliphatic heterocycles. The molecule has 0 aromatic heterocycles. The highest BCUT2D eigenvalue weighted by Crippen LogP contribution is 2.61. The highest BCUT2D eigenvalue weighted by atomic mass is 79.9. The fourth-order valence-corrected chi connectivity index (χ4v) is 6.86. The van der Waals surface area contributed by atoms with E-state index in [0.717, 1.165) is 40.7 Å². The number of hydrogen-bond acceptors (Lipinski definition) is 4. The van der Waals surface area contributed by atoms with Crippen molar-refractivity contribution in [1.29, 1.82) is 0 Å². The van der Waals surface area contributed by atoms with E-state index in [1.807, 2.05) is 37.3 Å². The molecular formula is C24H22BrN3O3. The molecule has 4 aliphatic rings. The van der Waals surface area contributed by atoms with Gasteiger partial charge in [-0.2, -0.15) is 0 Å². The number of imide groups is 1. The smallest absolute Gasteiger partial charge is 0.252 e. The molecule has 3 saturated heterocycles. The molecule has 6 nitrogen and oxygen atoms in total. The lowest BCUT2D eigenvalue weighted by atomic mass is 9.75. The number of likely N-dealkylation sites (N-methyl/N-ethyl adjacent to an activating group) is 1. The predicted octanol–water partition coefficient (Wildman–Crippen LogP) is 3.21. The number of nitrogens with zero attached hydrogens (tertiary/aromatic N) is 3. The Morgan fingerprint density at radius 2 is 1.87 bits per heavy atom. The maximum absolute atomic E-state index is 13.9. The normalized spacial score (nSPS) is 31.7. The molecule has 4 heterocycles. The number of hydrogen-bond donors (Lipinski definition) is 0. The van der Waals surface area contributed by atoms with Gasteiger partial charge in [-0.25, -0.2) is 4.90 Å². The van der Waals surface area contributed by atoms with Crippen molar-refractivity contribution in [2.24, 2.45) is 11.8 Å². The van der Waals surface area contributed by atoms with Gasteiger partial charge >= 0.3 is 0 Å². The van der Waals surface area contributed by atoms with Crippen LogP contribution in [-0.2, 0) is 19.9 Å². The number of fused-ring (bicyclic) bond motifs is 7. The standard InChI is InChI=1S/C24H22BrN3O3/c1-13-8-9-17-16(11-13)24(23(31)26(17)2)20-19(18-7-4-10-27(18)24)21(29)28(22(20)30)15-6-3-5-14(25)12-15/h3,5-6,8-9,11-12,18-20H,4,7,10H2,1-2H3. The van der Waals surface area contributed by atoms with Crippen molar-refractivity contribution < 1.29 is 14.4 Å². The number of halogens is 1. The summed E-state index contributed by atoms with van der Waals surface area (Å²) < 4.78 is 0.803. The molecule has 4 unspecified atom stereocenters. The first kappa shape index (κ1) is 19.2. The van der Waals surface area contributed by atoms with Gasteiger partial charge in [0.15, 0.2) is 0 Å². The molecule has 6 rings (SSSR count). The molecule has 0 bridgehead atoms. The number of anilines is 2. The van der Waals surface area contributed by atoms with Gasteiger partial charge in [-0.1, -0.05) is 39.7 Å². The van der Waals surface area contributed by atoms with Crippen LogP contribution in [0.25, 0.3) is 0 Å². The van der Waals surface area contributed by atoms with Crippen molar-refractivity contribution in [2.75, 3.05) is 23.4 Å². The molecule has 31 heavy (non-hydrogen) atoms. The second-order valence-electron chi connectivity index (χ2n) is 9.05. The Morgan fingerprint density at radius 1 is 1.06 bits per heavy atom. The first-order valence-electron chi connectivity index (χ1n) is 10.7. The van der Waals surface area contributed by atoms with Crippen molar-refractivity contribution >= 4 is 45.0 Å². The third-order valence-electron chi connectivity index (χ3n) is 7.59. The molecule has 0 N–H and O–H groups in total. The second-order valence-corrected chi connectivity index (χ2v) is 9.97. The molecule has 2 aromatic carbocycles. The molecule has 158 valence electrons. The van der Waals surface area contributed by atoms with Crippen LogP contribution in [0.2, 0.25) is 0 Å². The summed E-state index contributed by atoms with van der Waals surface area (Å²) in [5.74, 6) is -1.75. The first-order chi connectivity index (χ1) is 14.9. The summed E-state index contributed by atoms with van der Waals surface area (Å²) in [6, 6.07) is 13.1. The van der Waals surface area contributed by atoms with E-state index in [2.05, 4.69) is 20.8 Å². The van der Waals surface area contributed by atoms with Gasteiger partial charge in [0, 0.05) is 28.8 Å². The molecule has 1 spiro atoms. The lowest BCUT2D eigenvalue weighted by Crippen LogP contribution is -2.55. The summed E-state index contributed by atoms with van der Waals surface area (Å²) in [6.07, 6.45) is 1.75. The van der Waals surface area contributed by atoms with Gasteiger partial charge in [0.1, 0.15) is 5.54 Å². The molecule has 3 fully saturated rings. The van der Waals surface area contributed by atoms with Crippen molar-refractivity contribution in [3.63, 3.8) is 0 Å². The van der Waals surface area contributed by atoms with Crippen LogP contribution in [0.15, 0.2) is 46.9 Å². The molecule has 0 saturated carbocycles. The van der Waals surface area contributed by atoms with Gasteiger partial charge in [-0.3, -0.25) is 19.3 Å². The molecule has 2 aromatic rings. The predicted molar refractivity (Wildman–Crippen MR) is 120 cm³/mol. The fraction of sp³-hybridized carbons (Fsp3) is 0.375. The van der Waals surface area contributed by atoms with Gasteiger partial charge in [0.05, 0.1) is 17.5 Å². The van der Waals surface area contributed by atoms with Crippen LogP contribution in [0.1, 0.15) is 24.0 Å². The van der Waals surface area contributed by atoms with Crippen LogP contribution in [0.3, 0.4) is 0 Å². The third-order valence-corrected chi connectivity index (χ3v) is 8.08. The van der Waals surface area contributed by atoms with Crippen LogP contribution >= 0.6 is 15.9 Å². The highest BCUT2D eigenvalue weighted by Gasteiger charge is 2.75. The van der Waals surface area contributed by atoms with Crippen molar-refractivity contribution in [3.8, 4) is 0 Å². The number of benzene rings is 2. The Bertz CT molecular complexity index is 1180. The number of amides is 3. The molecular weight excluding hydrogens is 458 g/mol. The average Bonchev–Trinajstić information content (AvgIpc) is 3.42. The Hall–Kier alpha value is -2.51. The van der Waals surface area contributed by atoms with Crippen LogP contribution in [0.5, 0.6) is 0 Å². The zero-order chi connectivity index (χ0) is 21.7. The summed E-state index contributed by atoms with van der Waals surface area (Å²) in [5, 5.41) is 0. The fourth-order valence-electron chi connectivity index (χ4n) is 6.48. The van der Waals surface area contributed by atoms with E-state index in [0.29, 0.717) is 5.69 Å². The SMILES string of the molecule is Cc1ccc2c(c1)C1(C(=O)N2C)C2C(=O)N(c3cccc(Br)c3)C(=O)C2C2CCCN21. The van der Waals surface area contributed by atoms with Gasteiger partial charge in [0.2, 0.25) is 11.8 Å². The number of carbonyl (C=O) groups is 3. The van der Waals surface area contributed by atoms with Crippen molar-refractivity contribution in [2.45, 2.75) is 31.3 Å². The van der Waals surface area contributed by atoms with Gasteiger partial charge in [0.25, 0.3) is 5.91 Å². The lowest BCUT2D eigenvalue weighted by molar-refractivity contribution is -0.136. The van der Waals surface area contributed by atoms with Crippen molar-refractivity contribution in [3.05, 3.63) is 58.1 Å². The minimum atomic E-state index is -1.10. The van der Waals surface area contributed by atoms with Crippen LogP contribution in [-0.4, -0.2) is 42.3 Å². The van der Waals surface area contributed by atoms with E-state index < -0.39 is 17.4 Å². The van der Waals surface area contributed by atoms with Crippen LogP contribution in [0.4, 0.5) is 11.4 Å². The van der Waals surface area contributed by atoms with E-state index in [1.54, 1.807) is 24.1 Å². The molecule has 7 heteroatoms. The molecule has 4 atom stereocenters. The summed E-state index contributed by atoms with van der Waals surface area (Å²) in [5.41, 5.74) is 2.21. The topological polar surface area (TPSA) is 60.9 Å². The quantitative estimate of drug-likeness (QED) is 0.589.